The number of nitrogen functional groups attached to an aromatic ring is 1. The van der Waals surface area contributed by atoms with Gasteiger partial charge in [-0.2, -0.15) is 0 Å². The molecule has 2 aromatic carbocycles. The van der Waals surface area contributed by atoms with E-state index in [2.05, 4.69) is 68.2 Å². The molecule has 0 atom stereocenters. The van der Waals surface area contributed by atoms with Gasteiger partial charge in [0.25, 0.3) is 0 Å². The van der Waals surface area contributed by atoms with Crippen LogP contribution in [-0.4, -0.2) is 4.98 Å². The van der Waals surface area contributed by atoms with Gasteiger partial charge in [-0.25, -0.2) is 4.98 Å². The fourth-order valence-electron chi connectivity index (χ4n) is 2.73. The highest BCUT2D eigenvalue weighted by Crippen LogP contribution is 2.30. The van der Waals surface area contributed by atoms with E-state index < -0.39 is 0 Å². The fourth-order valence-corrected chi connectivity index (χ4v) is 2.73. The summed E-state index contributed by atoms with van der Waals surface area (Å²) in [6.07, 6.45) is 0. The van der Waals surface area contributed by atoms with Gasteiger partial charge in [-0.05, 0) is 49.4 Å². The Kier molecular flexibility index (Phi) is 2.94. The molecule has 3 aromatic rings. The second-order valence-electron chi connectivity index (χ2n) is 5.38. The summed E-state index contributed by atoms with van der Waals surface area (Å²) in [5.41, 5.74) is 11.9. The molecular formula is C18H18N2. The smallest absolute Gasteiger partial charge is 0.131 e. The van der Waals surface area contributed by atoms with Crippen molar-refractivity contribution >= 4 is 16.6 Å². The minimum absolute atomic E-state index is 0.601. The molecular weight excluding hydrogens is 244 g/mol. The van der Waals surface area contributed by atoms with E-state index in [1.807, 2.05) is 0 Å². The zero-order chi connectivity index (χ0) is 14.3. The summed E-state index contributed by atoms with van der Waals surface area (Å²) in [4.78, 5) is 4.61. The average Bonchev–Trinajstić information content (AvgIpc) is 2.39. The van der Waals surface area contributed by atoms with Crippen molar-refractivity contribution < 1.29 is 0 Å². The molecule has 2 nitrogen and oxygen atoms in total. The largest absolute Gasteiger partial charge is 0.383 e. The van der Waals surface area contributed by atoms with Gasteiger partial charge in [0.2, 0.25) is 0 Å². The van der Waals surface area contributed by atoms with E-state index in [1.165, 1.54) is 22.3 Å². The summed E-state index contributed by atoms with van der Waals surface area (Å²) in [7, 11) is 0. The molecule has 0 spiro atoms. The molecule has 0 amide bonds. The normalized spacial score (nSPS) is 10.9. The molecule has 2 heteroatoms. The Morgan fingerprint density at radius 3 is 2.30 bits per heavy atom. The summed E-state index contributed by atoms with van der Waals surface area (Å²) in [6, 6.07) is 14.7. The molecule has 20 heavy (non-hydrogen) atoms. The van der Waals surface area contributed by atoms with Crippen LogP contribution in [0.15, 0.2) is 42.5 Å². The number of fused-ring (bicyclic) bond motifs is 1. The molecule has 0 aliphatic carbocycles. The molecule has 2 N–H and O–H groups in total. The highest BCUT2D eigenvalue weighted by Gasteiger charge is 2.10. The fraction of sp³-hybridized carbons (Fsp3) is 0.167. The van der Waals surface area contributed by atoms with Crippen LogP contribution in [0.4, 0.5) is 5.82 Å². The van der Waals surface area contributed by atoms with Crippen LogP contribution in [0.3, 0.4) is 0 Å². The maximum atomic E-state index is 6.15. The first-order valence-electron chi connectivity index (χ1n) is 6.80. The number of anilines is 1. The Hall–Kier alpha value is -2.35. The van der Waals surface area contributed by atoms with Gasteiger partial charge in [-0.3, -0.25) is 0 Å². The third-order valence-corrected chi connectivity index (χ3v) is 3.76. The van der Waals surface area contributed by atoms with Gasteiger partial charge in [0.1, 0.15) is 5.82 Å². The second kappa shape index (κ2) is 4.64. The van der Waals surface area contributed by atoms with Gasteiger partial charge >= 0.3 is 0 Å². The van der Waals surface area contributed by atoms with Crippen LogP contribution >= 0.6 is 0 Å². The zero-order valence-electron chi connectivity index (χ0n) is 12.1. The Morgan fingerprint density at radius 1 is 0.900 bits per heavy atom. The van der Waals surface area contributed by atoms with Crippen LogP contribution in [0.25, 0.3) is 22.0 Å². The maximum Gasteiger partial charge on any atom is 0.131 e. The summed E-state index contributed by atoms with van der Waals surface area (Å²) in [6.45, 7) is 6.29. The molecule has 0 bridgehead atoms. The third kappa shape index (κ3) is 2.03. The number of hydrogen-bond donors (Lipinski definition) is 1. The standard InChI is InChI=1S/C18H18N2/c1-11-7-8-14-10-16(20-18(19)15(14)9-11)17-12(2)5-4-6-13(17)3/h4-10H,1-3H3,(H2,19,20). The Morgan fingerprint density at radius 2 is 1.60 bits per heavy atom. The first-order chi connectivity index (χ1) is 9.56. The summed E-state index contributed by atoms with van der Waals surface area (Å²) < 4.78 is 0. The van der Waals surface area contributed by atoms with Crippen molar-refractivity contribution in [3.05, 3.63) is 59.2 Å². The van der Waals surface area contributed by atoms with Gasteiger partial charge in [0.05, 0.1) is 5.69 Å². The Labute approximate surface area is 119 Å². The number of pyridine rings is 1. The molecule has 0 saturated carbocycles. The number of nitrogens with zero attached hydrogens (tertiary/aromatic N) is 1. The first kappa shape index (κ1) is 12.7. The van der Waals surface area contributed by atoms with E-state index in [1.54, 1.807) is 0 Å². The molecule has 0 aliphatic rings. The summed E-state index contributed by atoms with van der Waals surface area (Å²) in [5, 5.41) is 2.17. The average molecular weight is 262 g/mol. The zero-order valence-corrected chi connectivity index (χ0v) is 12.1. The van der Waals surface area contributed by atoms with E-state index in [0.29, 0.717) is 5.82 Å². The second-order valence-corrected chi connectivity index (χ2v) is 5.38. The topological polar surface area (TPSA) is 38.9 Å². The maximum absolute atomic E-state index is 6.15. The van der Waals surface area contributed by atoms with Crippen molar-refractivity contribution in [3.63, 3.8) is 0 Å². The van der Waals surface area contributed by atoms with E-state index in [4.69, 9.17) is 5.73 Å². The van der Waals surface area contributed by atoms with Crippen molar-refractivity contribution in [2.24, 2.45) is 0 Å². The number of aromatic nitrogens is 1. The molecule has 0 fully saturated rings. The molecule has 0 radical (unpaired) electrons. The van der Waals surface area contributed by atoms with Crippen LogP contribution in [0, 0.1) is 20.8 Å². The molecule has 1 heterocycles. The number of benzene rings is 2. The van der Waals surface area contributed by atoms with Crippen LogP contribution in [0.1, 0.15) is 16.7 Å². The lowest BCUT2D eigenvalue weighted by Crippen LogP contribution is -1.97. The van der Waals surface area contributed by atoms with Gasteiger partial charge in [-0.1, -0.05) is 35.9 Å². The van der Waals surface area contributed by atoms with Gasteiger partial charge in [0.15, 0.2) is 0 Å². The van der Waals surface area contributed by atoms with E-state index in [9.17, 15) is 0 Å². The lowest BCUT2D eigenvalue weighted by Gasteiger charge is -2.12. The molecule has 3 rings (SSSR count). The number of rotatable bonds is 1. The number of hydrogen-bond acceptors (Lipinski definition) is 2. The quantitative estimate of drug-likeness (QED) is 0.705. The van der Waals surface area contributed by atoms with Crippen LogP contribution in [0.2, 0.25) is 0 Å². The van der Waals surface area contributed by atoms with Crippen LogP contribution < -0.4 is 5.73 Å². The van der Waals surface area contributed by atoms with Gasteiger partial charge < -0.3 is 5.73 Å². The predicted molar refractivity (Wildman–Crippen MR) is 85.8 cm³/mol. The molecule has 0 unspecified atom stereocenters. The monoisotopic (exact) mass is 262 g/mol. The lowest BCUT2D eigenvalue weighted by molar-refractivity contribution is 1.30. The third-order valence-electron chi connectivity index (χ3n) is 3.76. The molecule has 100 valence electrons. The van der Waals surface area contributed by atoms with Crippen molar-refractivity contribution in [3.8, 4) is 11.3 Å². The lowest BCUT2D eigenvalue weighted by atomic mass is 9.98. The predicted octanol–water partition coefficient (Wildman–Crippen LogP) is 4.41. The SMILES string of the molecule is Cc1ccc2cc(-c3c(C)cccc3C)nc(N)c2c1. The summed E-state index contributed by atoms with van der Waals surface area (Å²) >= 11 is 0. The minimum atomic E-state index is 0.601. The van der Waals surface area contributed by atoms with Crippen LogP contribution in [0.5, 0.6) is 0 Å². The Balaban J connectivity index is 2.31. The minimum Gasteiger partial charge on any atom is -0.383 e. The van der Waals surface area contributed by atoms with Crippen LogP contribution in [-0.2, 0) is 0 Å². The molecule has 0 aliphatic heterocycles. The highest BCUT2D eigenvalue weighted by molar-refractivity contribution is 5.94. The van der Waals surface area contributed by atoms with Crippen molar-refractivity contribution in [1.82, 2.24) is 4.98 Å². The first-order valence-corrected chi connectivity index (χ1v) is 6.80. The van der Waals surface area contributed by atoms with Crippen molar-refractivity contribution in [2.45, 2.75) is 20.8 Å². The highest BCUT2D eigenvalue weighted by atomic mass is 14.8. The number of aryl methyl sites for hydroxylation is 3. The molecule has 0 saturated heterocycles. The van der Waals surface area contributed by atoms with E-state index >= 15 is 0 Å². The van der Waals surface area contributed by atoms with E-state index in [0.717, 1.165) is 16.5 Å². The van der Waals surface area contributed by atoms with Gasteiger partial charge in [0, 0.05) is 10.9 Å². The molecule has 1 aromatic heterocycles. The summed E-state index contributed by atoms with van der Waals surface area (Å²) in [5.74, 6) is 0.601. The van der Waals surface area contributed by atoms with Gasteiger partial charge in [-0.15, -0.1) is 0 Å². The van der Waals surface area contributed by atoms with E-state index in [-0.39, 0.29) is 0 Å². The van der Waals surface area contributed by atoms with Crippen molar-refractivity contribution in [1.29, 1.82) is 0 Å². The van der Waals surface area contributed by atoms with Crippen molar-refractivity contribution in [2.75, 3.05) is 5.73 Å². The Bertz CT molecular complexity index is 784. The number of nitrogens with two attached hydrogens (primary N) is 1.